The summed E-state index contributed by atoms with van der Waals surface area (Å²) >= 11 is 0. The second-order valence-electron chi connectivity index (χ2n) is 6.00. The second kappa shape index (κ2) is 3.87. The van der Waals surface area contributed by atoms with E-state index in [-0.39, 0.29) is 0 Å². The highest BCUT2D eigenvalue weighted by atomic mass is 14.5. The second-order valence-corrected chi connectivity index (χ2v) is 6.00. The molecule has 0 amide bonds. The quantitative estimate of drug-likeness (QED) is 0.624. The minimum atomic E-state index is 0.933. The molecule has 5 unspecified atom stereocenters. The van der Waals surface area contributed by atoms with Crippen LogP contribution in [0.5, 0.6) is 0 Å². The first-order valence-electron chi connectivity index (χ1n) is 6.65. The smallest absolute Gasteiger partial charge is 0.0354 e. The molecule has 0 aromatic carbocycles. The predicted octanol–water partition coefficient (Wildman–Crippen LogP) is 4.35. The van der Waals surface area contributed by atoms with Crippen LogP contribution < -0.4 is 0 Å². The molecule has 2 fully saturated rings. The van der Waals surface area contributed by atoms with Crippen LogP contribution in [0.3, 0.4) is 0 Å². The Labute approximate surface area is 89.5 Å². The fourth-order valence-electron chi connectivity index (χ4n) is 3.50. The highest BCUT2D eigenvalue weighted by Gasteiger charge is 2.47. The van der Waals surface area contributed by atoms with Gasteiger partial charge in [0.2, 0.25) is 0 Å². The maximum Gasteiger partial charge on any atom is -0.0354 e. The molecule has 0 aromatic rings. The van der Waals surface area contributed by atoms with Crippen molar-refractivity contribution in [2.45, 2.75) is 53.4 Å². The van der Waals surface area contributed by atoms with Crippen molar-refractivity contribution in [3.8, 4) is 0 Å². The molecule has 0 aromatic heterocycles. The molecule has 0 spiro atoms. The molecule has 0 saturated heterocycles. The van der Waals surface area contributed by atoms with E-state index in [4.69, 9.17) is 0 Å². The first-order valence-corrected chi connectivity index (χ1v) is 6.65. The van der Waals surface area contributed by atoms with Crippen LogP contribution in [0, 0.1) is 35.5 Å². The summed E-state index contributed by atoms with van der Waals surface area (Å²) in [5.41, 5.74) is 0. The largest absolute Gasteiger partial charge is 0.0651 e. The maximum atomic E-state index is 2.51. The average molecular weight is 194 g/mol. The first-order chi connectivity index (χ1) is 6.65. The Morgan fingerprint density at radius 2 is 1.86 bits per heavy atom. The minimum Gasteiger partial charge on any atom is -0.0651 e. The van der Waals surface area contributed by atoms with E-state index < -0.39 is 0 Å². The highest BCUT2D eigenvalue weighted by molar-refractivity contribution is 4.97. The Morgan fingerprint density at radius 1 is 1.21 bits per heavy atom. The van der Waals surface area contributed by atoms with Gasteiger partial charge in [0.1, 0.15) is 0 Å². The van der Waals surface area contributed by atoms with Crippen LogP contribution in [0.1, 0.15) is 53.4 Å². The molecule has 0 nitrogen and oxygen atoms in total. The maximum absolute atomic E-state index is 2.51. The van der Waals surface area contributed by atoms with Crippen molar-refractivity contribution in [1.29, 1.82) is 0 Å². The third kappa shape index (κ3) is 1.73. The van der Waals surface area contributed by atoms with Gasteiger partial charge in [0.15, 0.2) is 0 Å². The van der Waals surface area contributed by atoms with E-state index in [1.54, 1.807) is 19.3 Å². The summed E-state index contributed by atoms with van der Waals surface area (Å²) in [6, 6.07) is 0. The molecule has 2 aliphatic rings. The summed E-state index contributed by atoms with van der Waals surface area (Å²) < 4.78 is 0. The van der Waals surface area contributed by atoms with Crippen molar-refractivity contribution in [1.82, 2.24) is 0 Å². The van der Waals surface area contributed by atoms with Gasteiger partial charge in [-0.1, -0.05) is 34.1 Å². The van der Waals surface area contributed by atoms with E-state index in [0.29, 0.717) is 0 Å². The van der Waals surface area contributed by atoms with Gasteiger partial charge >= 0.3 is 0 Å². The first kappa shape index (κ1) is 10.5. The molecular weight excluding hydrogens is 168 g/mol. The van der Waals surface area contributed by atoms with Crippen LogP contribution in [-0.2, 0) is 0 Å². The fourth-order valence-corrected chi connectivity index (χ4v) is 3.50. The number of rotatable bonds is 4. The van der Waals surface area contributed by atoms with Crippen LogP contribution in [0.15, 0.2) is 0 Å². The predicted molar refractivity (Wildman–Crippen MR) is 62.1 cm³/mol. The Morgan fingerprint density at radius 3 is 2.29 bits per heavy atom. The van der Waals surface area contributed by atoms with Gasteiger partial charge in [-0.2, -0.15) is 0 Å². The average Bonchev–Trinajstić information content (AvgIpc) is 2.98. The lowest BCUT2D eigenvalue weighted by atomic mass is 9.57. The molecule has 0 bridgehead atoms. The summed E-state index contributed by atoms with van der Waals surface area (Å²) in [4.78, 5) is 0. The van der Waals surface area contributed by atoms with E-state index >= 15 is 0 Å². The van der Waals surface area contributed by atoms with Gasteiger partial charge in [-0.05, 0) is 54.8 Å². The lowest BCUT2D eigenvalue weighted by Crippen LogP contribution is -2.41. The van der Waals surface area contributed by atoms with Crippen LogP contribution in [-0.4, -0.2) is 0 Å². The molecule has 0 N–H and O–H groups in total. The Hall–Kier alpha value is 0. The van der Waals surface area contributed by atoms with Crippen molar-refractivity contribution < 1.29 is 0 Å². The Bertz CT molecular complexity index is 192. The molecule has 14 heavy (non-hydrogen) atoms. The molecule has 2 rings (SSSR count). The molecule has 82 valence electrons. The lowest BCUT2D eigenvalue weighted by molar-refractivity contribution is 0.00855. The van der Waals surface area contributed by atoms with Crippen molar-refractivity contribution in [2.75, 3.05) is 0 Å². The molecular formula is C14H26. The molecule has 2 aliphatic carbocycles. The zero-order valence-corrected chi connectivity index (χ0v) is 10.3. The SMILES string of the molecule is CCC(C)C(C)C1CC(C2CC2)C1C. The highest BCUT2D eigenvalue weighted by Crippen LogP contribution is 2.56. The fraction of sp³-hybridized carbons (Fsp3) is 1.00. The standard InChI is InChI=1S/C14H26/c1-5-9(2)10(3)13-8-14(11(13)4)12-6-7-12/h9-14H,5-8H2,1-4H3. The zero-order valence-electron chi connectivity index (χ0n) is 10.3. The van der Waals surface area contributed by atoms with Crippen LogP contribution in [0.4, 0.5) is 0 Å². The van der Waals surface area contributed by atoms with Gasteiger partial charge in [0.25, 0.3) is 0 Å². The molecule has 5 atom stereocenters. The van der Waals surface area contributed by atoms with Gasteiger partial charge in [0, 0.05) is 0 Å². The van der Waals surface area contributed by atoms with E-state index in [2.05, 4.69) is 27.7 Å². The van der Waals surface area contributed by atoms with Gasteiger partial charge in [-0.25, -0.2) is 0 Å². The number of hydrogen-bond donors (Lipinski definition) is 0. The Kier molecular flexibility index (Phi) is 2.91. The third-order valence-electron chi connectivity index (χ3n) is 5.34. The van der Waals surface area contributed by atoms with E-state index in [1.807, 2.05) is 0 Å². The minimum absolute atomic E-state index is 0.933. The van der Waals surface area contributed by atoms with Crippen molar-refractivity contribution >= 4 is 0 Å². The summed E-state index contributed by atoms with van der Waals surface area (Å²) in [6.45, 7) is 9.76. The van der Waals surface area contributed by atoms with Crippen LogP contribution in [0.25, 0.3) is 0 Å². The van der Waals surface area contributed by atoms with Crippen molar-refractivity contribution in [2.24, 2.45) is 35.5 Å². The molecule has 0 heterocycles. The molecule has 0 radical (unpaired) electrons. The van der Waals surface area contributed by atoms with E-state index in [9.17, 15) is 0 Å². The van der Waals surface area contributed by atoms with Crippen LogP contribution >= 0.6 is 0 Å². The Balaban J connectivity index is 1.83. The summed E-state index contributed by atoms with van der Waals surface area (Å²) in [6.07, 6.45) is 5.99. The van der Waals surface area contributed by atoms with Crippen molar-refractivity contribution in [3.05, 3.63) is 0 Å². The molecule has 2 saturated carbocycles. The molecule has 0 heteroatoms. The summed E-state index contributed by atoms with van der Waals surface area (Å²) in [5.74, 6) is 6.24. The third-order valence-corrected chi connectivity index (χ3v) is 5.34. The van der Waals surface area contributed by atoms with E-state index in [1.165, 1.54) is 6.42 Å². The monoisotopic (exact) mass is 194 g/mol. The summed E-state index contributed by atoms with van der Waals surface area (Å²) in [7, 11) is 0. The van der Waals surface area contributed by atoms with Crippen molar-refractivity contribution in [3.63, 3.8) is 0 Å². The van der Waals surface area contributed by atoms with Gasteiger partial charge in [-0.3, -0.25) is 0 Å². The topological polar surface area (TPSA) is 0 Å². The van der Waals surface area contributed by atoms with Gasteiger partial charge in [-0.15, -0.1) is 0 Å². The van der Waals surface area contributed by atoms with Crippen LogP contribution in [0.2, 0.25) is 0 Å². The van der Waals surface area contributed by atoms with Gasteiger partial charge < -0.3 is 0 Å². The summed E-state index contributed by atoms with van der Waals surface area (Å²) in [5, 5.41) is 0. The normalized spacial score (nSPS) is 41.6. The van der Waals surface area contributed by atoms with Gasteiger partial charge in [0.05, 0.1) is 0 Å². The van der Waals surface area contributed by atoms with E-state index in [0.717, 1.165) is 35.5 Å². The zero-order chi connectivity index (χ0) is 10.3. The lowest BCUT2D eigenvalue weighted by Gasteiger charge is -2.48. The molecule has 0 aliphatic heterocycles. The number of hydrogen-bond acceptors (Lipinski definition) is 0.